The summed E-state index contributed by atoms with van der Waals surface area (Å²) in [5.41, 5.74) is 6.02. The van der Waals surface area contributed by atoms with E-state index in [0.29, 0.717) is 11.5 Å². The summed E-state index contributed by atoms with van der Waals surface area (Å²) >= 11 is 0. The lowest BCUT2D eigenvalue weighted by Gasteiger charge is -2.23. The Labute approximate surface area is 156 Å². The maximum atomic E-state index is 9.00. The van der Waals surface area contributed by atoms with Crippen molar-refractivity contribution in [2.24, 2.45) is 7.05 Å². The van der Waals surface area contributed by atoms with Gasteiger partial charge in [0.2, 0.25) is 5.95 Å². The van der Waals surface area contributed by atoms with E-state index in [0.717, 1.165) is 33.7 Å². The average Bonchev–Trinajstić information content (AvgIpc) is 2.69. The molecule has 2 heterocycles. The first-order chi connectivity index (χ1) is 13.1. The summed E-state index contributed by atoms with van der Waals surface area (Å²) in [6.07, 6.45) is 7.22. The van der Waals surface area contributed by atoms with Gasteiger partial charge in [-0.25, -0.2) is 9.67 Å². The molecule has 0 aliphatic heterocycles. The molecule has 0 aliphatic rings. The van der Waals surface area contributed by atoms with Crippen LogP contribution in [0.5, 0.6) is 0 Å². The molecule has 0 spiro atoms. The first kappa shape index (κ1) is 16.4. The normalized spacial score (nSPS) is 10.5. The third-order valence-corrected chi connectivity index (χ3v) is 4.48. The van der Waals surface area contributed by atoms with E-state index in [2.05, 4.69) is 27.3 Å². The van der Waals surface area contributed by atoms with Crippen molar-refractivity contribution >= 4 is 22.8 Å². The molecule has 0 saturated heterocycles. The summed E-state index contributed by atoms with van der Waals surface area (Å²) < 4.78 is 3.98. The number of nitriles is 1. The largest absolute Gasteiger partial charge is 0.324 e. The minimum absolute atomic E-state index is 0.500. The predicted octanol–water partition coefficient (Wildman–Crippen LogP) is 3.66. The van der Waals surface area contributed by atoms with Crippen LogP contribution in [0.15, 0.2) is 48.7 Å². The van der Waals surface area contributed by atoms with Crippen molar-refractivity contribution in [1.29, 1.82) is 5.26 Å². The molecule has 2 aromatic heterocycles. The number of nitrogens with zero attached hydrogens (tertiary/aromatic N) is 5. The molecule has 1 N–H and O–H groups in total. The van der Waals surface area contributed by atoms with Gasteiger partial charge in [-0.3, -0.25) is 4.68 Å². The number of rotatable bonds is 3. The SMILES string of the molecule is C#Cc1ccc(-n2c3nc(Nc4ccc(C#N)cc4C)ncc3n2C)cc1. The second-order valence-corrected chi connectivity index (χ2v) is 6.20. The molecular formula is C21H16N6. The minimum atomic E-state index is 0.500. The van der Waals surface area contributed by atoms with Gasteiger partial charge in [-0.05, 0) is 55.0 Å². The maximum Gasteiger partial charge on any atom is 0.229 e. The van der Waals surface area contributed by atoms with E-state index in [9.17, 15) is 0 Å². The molecule has 130 valence electrons. The molecule has 6 heteroatoms. The van der Waals surface area contributed by atoms with Gasteiger partial charge in [0, 0.05) is 18.3 Å². The van der Waals surface area contributed by atoms with Crippen molar-refractivity contribution in [3.63, 3.8) is 0 Å². The summed E-state index contributed by atoms with van der Waals surface area (Å²) in [7, 11) is 1.96. The van der Waals surface area contributed by atoms with Crippen molar-refractivity contribution in [2.75, 3.05) is 5.32 Å². The Morgan fingerprint density at radius 2 is 1.85 bits per heavy atom. The van der Waals surface area contributed by atoms with Crippen LogP contribution in [0.3, 0.4) is 0 Å². The fourth-order valence-corrected chi connectivity index (χ4v) is 3.00. The van der Waals surface area contributed by atoms with E-state index in [1.54, 1.807) is 12.3 Å². The molecule has 0 aliphatic carbocycles. The van der Waals surface area contributed by atoms with Gasteiger partial charge in [-0.15, -0.1) is 6.42 Å². The smallest absolute Gasteiger partial charge is 0.229 e. The van der Waals surface area contributed by atoms with E-state index in [1.165, 1.54) is 0 Å². The van der Waals surface area contributed by atoms with Gasteiger partial charge in [0.1, 0.15) is 5.52 Å². The van der Waals surface area contributed by atoms with E-state index in [-0.39, 0.29) is 0 Å². The molecule has 27 heavy (non-hydrogen) atoms. The number of nitrogens with one attached hydrogen (secondary N) is 1. The fraction of sp³-hybridized carbons (Fsp3) is 0.0952. The molecule has 0 atom stereocenters. The van der Waals surface area contributed by atoms with Crippen molar-refractivity contribution < 1.29 is 0 Å². The minimum Gasteiger partial charge on any atom is -0.324 e. The van der Waals surface area contributed by atoms with Crippen LogP contribution >= 0.6 is 0 Å². The average molecular weight is 352 g/mol. The van der Waals surface area contributed by atoms with E-state index >= 15 is 0 Å². The Morgan fingerprint density at radius 3 is 2.52 bits per heavy atom. The first-order valence-corrected chi connectivity index (χ1v) is 8.36. The van der Waals surface area contributed by atoms with E-state index in [1.807, 2.05) is 59.7 Å². The molecule has 4 rings (SSSR count). The molecule has 6 nitrogen and oxygen atoms in total. The second kappa shape index (κ2) is 6.36. The summed E-state index contributed by atoms with van der Waals surface area (Å²) in [6, 6.07) is 15.3. The lowest BCUT2D eigenvalue weighted by atomic mass is 10.1. The number of fused-ring (bicyclic) bond motifs is 1. The zero-order valence-electron chi connectivity index (χ0n) is 14.9. The van der Waals surface area contributed by atoms with Crippen molar-refractivity contribution in [3.05, 3.63) is 65.4 Å². The highest BCUT2D eigenvalue weighted by atomic mass is 15.5. The van der Waals surface area contributed by atoms with Crippen molar-refractivity contribution in [3.8, 4) is 24.1 Å². The van der Waals surface area contributed by atoms with Crippen LogP contribution in [0.2, 0.25) is 0 Å². The number of terminal acetylenes is 1. The van der Waals surface area contributed by atoms with E-state index in [4.69, 9.17) is 11.7 Å². The van der Waals surface area contributed by atoms with Gasteiger partial charge in [0.05, 0.1) is 23.5 Å². The third-order valence-electron chi connectivity index (χ3n) is 4.48. The second-order valence-electron chi connectivity index (χ2n) is 6.20. The van der Waals surface area contributed by atoms with Crippen LogP contribution in [0.4, 0.5) is 11.6 Å². The number of aryl methyl sites for hydroxylation is 2. The van der Waals surface area contributed by atoms with Crippen LogP contribution < -0.4 is 5.32 Å². The summed E-state index contributed by atoms with van der Waals surface area (Å²) in [6.45, 7) is 1.94. The van der Waals surface area contributed by atoms with Crippen LogP contribution in [-0.2, 0) is 7.05 Å². The zero-order valence-corrected chi connectivity index (χ0v) is 14.9. The highest BCUT2D eigenvalue weighted by Gasteiger charge is 2.15. The molecule has 0 unspecified atom stereocenters. The number of aromatic nitrogens is 4. The maximum absolute atomic E-state index is 9.00. The molecule has 0 bridgehead atoms. The molecular weight excluding hydrogens is 336 g/mol. The van der Waals surface area contributed by atoms with E-state index < -0.39 is 0 Å². The monoisotopic (exact) mass is 352 g/mol. The van der Waals surface area contributed by atoms with Crippen LogP contribution in [0.1, 0.15) is 16.7 Å². The lowest BCUT2D eigenvalue weighted by Crippen LogP contribution is -2.21. The first-order valence-electron chi connectivity index (χ1n) is 8.36. The Balaban J connectivity index is 1.70. The third kappa shape index (κ3) is 2.80. The molecule has 0 radical (unpaired) electrons. The van der Waals surface area contributed by atoms with Crippen LogP contribution in [0, 0.1) is 30.6 Å². The molecule has 0 saturated carbocycles. The lowest BCUT2D eigenvalue weighted by molar-refractivity contribution is 0.642. The van der Waals surface area contributed by atoms with Crippen LogP contribution in [-0.4, -0.2) is 19.3 Å². The molecule has 4 aromatic rings. The number of hydrogen-bond donors (Lipinski definition) is 1. The van der Waals surface area contributed by atoms with Crippen molar-refractivity contribution in [1.82, 2.24) is 19.3 Å². The van der Waals surface area contributed by atoms with Gasteiger partial charge >= 0.3 is 0 Å². The Hall–Kier alpha value is -4.03. The molecule has 2 aromatic carbocycles. The summed E-state index contributed by atoms with van der Waals surface area (Å²) in [5.74, 6) is 3.12. The zero-order chi connectivity index (χ0) is 19.0. The highest BCUT2D eigenvalue weighted by Crippen LogP contribution is 2.24. The van der Waals surface area contributed by atoms with Crippen molar-refractivity contribution in [2.45, 2.75) is 6.92 Å². The number of hydrogen-bond acceptors (Lipinski definition) is 4. The number of benzene rings is 2. The Morgan fingerprint density at radius 1 is 1.11 bits per heavy atom. The van der Waals surface area contributed by atoms with Gasteiger partial charge in [-0.2, -0.15) is 10.2 Å². The van der Waals surface area contributed by atoms with Gasteiger partial charge in [0.25, 0.3) is 0 Å². The number of anilines is 2. The highest BCUT2D eigenvalue weighted by molar-refractivity contribution is 5.77. The molecule has 0 amide bonds. The quantitative estimate of drug-likeness (QED) is 0.571. The fourth-order valence-electron chi connectivity index (χ4n) is 3.00. The topological polar surface area (TPSA) is 71.5 Å². The van der Waals surface area contributed by atoms with Gasteiger partial charge in [0.15, 0.2) is 5.65 Å². The Kier molecular flexibility index (Phi) is 3.87. The standard InChI is InChI=1S/C21H16N6/c1-4-15-5-8-17(9-6-15)27-20-19(26(27)3)13-23-21(25-20)24-18-10-7-16(12-22)11-14(18)2/h1,5-11,13H,2-3H3,(H,23,24,25). The van der Waals surface area contributed by atoms with Gasteiger partial charge < -0.3 is 5.32 Å². The summed E-state index contributed by atoms with van der Waals surface area (Å²) in [4.78, 5) is 9.04. The molecule has 0 fully saturated rings. The Bertz CT molecular complexity index is 1230. The van der Waals surface area contributed by atoms with Crippen LogP contribution in [0.25, 0.3) is 16.9 Å². The summed E-state index contributed by atoms with van der Waals surface area (Å²) in [5, 5.41) is 12.2. The predicted molar refractivity (Wildman–Crippen MR) is 105 cm³/mol. The van der Waals surface area contributed by atoms with Gasteiger partial charge in [-0.1, -0.05) is 5.92 Å².